The van der Waals surface area contributed by atoms with Gasteiger partial charge in [-0.25, -0.2) is 0 Å². The number of nitrogens with zero attached hydrogens (tertiary/aromatic N) is 3. The Morgan fingerprint density at radius 3 is 2.84 bits per heavy atom. The molecule has 0 saturated carbocycles. The first-order valence-corrected chi connectivity index (χ1v) is 11.4. The zero-order valence-corrected chi connectivity index (χ0v) is 18.5. The van der Waals surface area contributed by atoms with E-state index in [1.807, 2.05) is 35.2 Å². The van der Waals surface area contributed by atoms with E-state index in [0.717, 1.165) is 46.4 Å². The fraction of sp³-hybridized carbons (Fsp3) is 0.435. The van der Waals surface area contributed by atoms with E-state index >= 15 is 0 Å². The van der Waals surface area contributed by atoms with E-state index in [4.69, 9.17) is 13.9 Å². The van der Waals surface area contributed by atoms with Crippen LogP contribution in [0, 0.1) is 0 Å². The highest BCUT2D eigenvalue weighted by Gasteiger charge is 2.33. The molecule has 5 rings (SSSR count). The first kappa shape index (κ1) is 20.1. The number of rotatable bonds is 5. The van der Waals surface area contributed by atoms with Crippen molar-refractivity contribution in [3.8, 4) is 22.3 Å². The van der Waals surface area contributed by atoms with E-state index in [-0.39, 0.29) is 18.1 Å². The predicted molar refractivity (Wildman–Crippen MR) is 117 cm³/mol. The highest BCUT2D eigenvalue weighted by molar-refractivity contribution is 7.14. The van der Waals surface area contributed by atoms with Crippen LogP contribution >= 0.6 is 11.3 Å². The minimum atomic E-state index is -0.241. The van der Waals surface area contributed by atoms with Gasteiger partial charge in [-0.1, -0.05) is 23.5 Å². The third-order valence-electron chi connectivity index (χ3n) is 5.78. The number of carbonyl (C=O) groups excluding carboxylic acids is 1. The maximum Gasteiger partial charge on any atom is 0.260 e. The quantitative estimate of drug-likeness (QED) is 0.590. The molecule has 2 aromatic heterocycles. The molecule has 1 saturated heterocycles. The minimum absolute atomic E-state index is 0.00171. The fourth-order valence-corrected chi connectivity index (χ4v) is 5.19. The number of para-hydroxylation sites is 1. The van der Waals surface area contributed by atoms with Crippen molar-refractivity contribution in [3.63, 3.8) is 0 Å². The molecule has 8 heteroatoms. The number of carbonyl (C=O) groups is 1. The van der Waals surface area contributed by atoms with Gasteiger partial charge < -0.3 is 18.8 Å². The van der Waals surface area contributed by atoms with Crippen LogP contribution in [0.1, 0.15) is 43.2 Å². The maximum atomic E-state index is 12.7. The van der Waals surface area contributed by atoms with Crippen molar-refractivity contribution in [1.29, 1.82) is 0 Å². The Labute approximate surface area is 185 Å². The van der Waals surface area contributed by atoms with Gasteiger partial charge in [-0.15, -0.1) is 10.2 Å². The Balaban J connectivity index is 1.15. The molecule has 3 aromatic rings. The third kappa shape index (κ3) is 4.17. The molecule has 4 heterocycles. The molecule has 0 spiro atoms. The van der Waals surface area contributed by atoms with E-state index in [0.29, 0.717) is 24.8 Å². The van der Waals surface area contributed by atoms with Gasteiger partial charge in [0.05, 0.1) is 6.26 Å². The average molecular weight is 440 g/mol. The molecule has 1 amide bonds. The lowest BCUT2D eigenvalue weighted by Gasteiger charge is -2.31. The molecular weight excluding hydrogens is 414 g/mol. The van der Waals surface area contributed by atoms with Crippen molar-refractivity contribution >= 4 is 17.2 Å². The molecule has 2 aliphatic heterocycles. The van der Waals surface area contributed by atoms with Gasteiger partial charge in [0, 0.05) is 31.0 Å². The van der Waals surface area contributed by atoms with Crippen molar-refractivity contribution in [3.05, 3.63) is 47.2 Å². The van der Waals surface area contributed by atoms with Crippen molar-refractivity contribution < 1.29 is 18.7 Å². The van der Waals surface area contributed by atoms with E-state index in [1.165, 1.54) is 0 Å². The zero-order valence-electron chi connectivity index (χ0n) is 17.7. The van der Waals surface area contributed by atoms with Crippen LogP contribution < -0.4 is 9.47 Å². The van der Waals surface area contributed by atoms with Crippen LogP contribution in [0.25, 0.3) is 10.8 Å². The lowest BCUT2D eigenvalue weighted by Crippen LogP contribution is -2.40. The second kappa shape index (κ2) is 8.00. The Kier molecular flexibility index (Phi) is 5.17. The van der Waals surface area contributed by atoms with E-state index in [2.05, 4.69) is 24.0 Å². The van der Waals surface area contributed by atoms with Crippen LogP contribution in [-0.4, -0.2) is 46.3 Å². The van der Waals surface area contributed by atoms with Crippen molar-refractivity contribution in [2.75, 3.05) is 19.7 Å². The van der Waals surface area contributed by atoms with Gasteiger partial charge in [0.25, 0.3) is 5.91 Å². The normalized spacial score (nSPS) is 17.9. The molecule has 0 radical (unpaired) electrons. The van der Waals surface area contributed by atoms with Crippen LogP contribution in [0.2, 0.25) is 0 Å². The van der Waals surface area contributed by atoms with Crippen molar-refractivity contribution in [2.45, 2.75) is 44.6 Å². The van der Waals surface area contributed by atoms with Crippen LogP contribution in [0.3, 0.4) is 0 Å². The van der Waals surface area contributed by atoms with Crippen molar-refractivity contribution in [1.82, 2.24) is 15.1 Å². The number of benzene rings is 1. The summed E-state index contributed by atoms with van der Waals surface area (Å²) in [5.74, 6) is 2.47. The number of aromatic nitrogens is 2. The molecule has 31 heavy (non-hydrogen) atoms. The van der Waals surface area contributed by atoms with E-state index < -0.39 is 0 Å². The number of hydrogen-bond acceptors (Lipinski definition) is 7. The molecule has 0 unspecified atom stereocenters. The predicted octanol–water partition coefficient (Wildman–Crippen LogP) is 4.30. The topological polar surface area (TPSA) is 77.7 Å². The molecule has 0 aliphatic carbocycles. The van der Waals surface area contributed by atoms with Gasteiger partial charge in [-0.2, -0.15) is 0 Å². The molecule has 2 aliphatic rings. The monoisotopic (exact) mass is 439 g/mol. The molecule has 162 valence electrons. The lowest BCUT2D eigenvalue weighted by atomic mass is 9.97. The average Bonchev–Trinajstić information content (AvgIpc) is 3.50. The van der Waals surface area contributed by atoms with Gasteiger partial charge in [0.15, 0.2) is 28.9 Å². The minimum Gasteiger partial charge on any atom is -0.483 e. The van der Waals surface area contributed by atoms with Crippen LogP contribution in [0.15, 0.2) is 41.0 Å². The third-order valence-corrected chi connectivity index (χ3v) is 6.88. The fourth-order valence-electron chi connectivity index (χ4n) is 4.21. The van der Waals surface area contributed by atoms with Crippen molar-refractivity contribution in [2.24, 2.45) is 0 Å². The second-order valence-electron chi connectivity index (χ2n) is 8.65. The first-order chi connectivity index (χ1) is 15.0. The largest absolute Gasteiger partial charge is 0.483 e. The molecule has 0 N–H and O–H groups in total. The summed E-state index contributed by atoms with van der Waals surface area (Å²) in [4.78, 5) is 14.6. The number of fused-ring (bicyclic) bond motifs is 1. The second-order valence-corrected chi connectivity index (χ2v) is 9.66. The summed E-state index contributed by atoms with van der Waals surface area (Å²) >= 11 is 1.57. The SMILES string of the molecule is CC1(C)Cc2cccc(OCC(=O)N3CCC(c4nnc(-c5ccco5)s4)CC3)c2O1. The lowest BCUT2D eigenvalue weighted by molar-refractivity contribution is -0.134. The summed E-state index contributed by atoms with van der Waals surface area (Å²) in [5, 5.41) is 10.4. The molecule has 0 bridgehead atoms. The zero-order chi connectivity index (χ0) is 21.4. The Hall–Kier alpha value is -2.87. The van der Waals surface area contributed by atoms with Gasteiger partial charge in [0.2, 0.25) is 0 Å². The highest BCUT2D eigenvalue weighted by Crippen LogP contribution is 2.41. The van der Waals surface area contributed by atoms with Gasteiger partial charge >= 0.3 is 0 Å². The van der Waals surface area contributed by atoms with Crippen LogP contribution in [0.4, 0.5) is 0 Å². The summed E-state index contributed by atoms with van der Waals surface area (Å²) in [6, 6.07) is 9.60. The number of amides is 1. The standard InChI is InChI=1S/C23H25N3O4S/c1-23(2)13-16-5-3-6-17(20(16)30-23)29-14-19(27)26-10-8-15(9-11-26)21-24-25-22(31-21)18-7-4-12-28-18/h3-7,12,15H,8-11,13-14H2,1-2H3. The summed E-state index contributed by atoms with van der Waals surface area (Å²) in [5.41, 5.74) is 0.886. The Bertz CT molecular complexity index is 1070. The number of ether oxygens (including phenoxy) is 2. The number of piperidine rings is 1. The number of hydrogen-bond donors (Lipinski definition) is 0. The van der Waals surface area contributed by atoms with E-state index in [9.17, 15) is 4.79 Å². The van der Waals surface area contributed by atoms with Crippen LogP contribution in [-0.2, 0) is 11.2 Å². The highest BCUT2D eigenvalue weighted by atomic mass is 32.1. The van der Waals surface area contributed by atoms with Gasteiger partial charge in [0.1, 0.15) is 10.6 Å². The summed E-state index contributed by atoms with van der Waals surface area (Å²) < 4.78 is 17.3. The Morgan fingerprint density at radius 2 is 2.06 bits per heavy atom. The number of likely N-dealkylation sites (tertiary alicyclic amines) is 1. The molecule has 1 fully saturated rings. The molecule has 7 nitrogen and oxygen atoms in total. The smallest absolute Gasteiger partial charge is 0.260 e. The molecular formula is C23H25N3O4S. The van der Waals surface area contributed by atoms with Gasteiger partial charge in [-0.3, -0.25) is 4.79 Å². The maximum absolute atomic E-state index is 12.7. The Morgan fingerprint density at radius 1 is 1.23 bits per heavy atom. The first-order valence-electron chi connectivity index (χ1n) is 10.6. The summed E-state index contributed by atoms with van der Waals surface area (Å²) in [7, 11) is 0. The summed E-state index contributed by atoms with van der Waals surface area (Å²) in [6.45, 7) is 5.52. The van der Waals surface area contributed by atoms with Gasteiger partial charge in [-0.05, 0) is 44.9 Å². The molecule has 1 aromatic carbocycles. The summed E-state index contributed by atoms with van der Waals surface area (Å²) in [6.07, 6.45) is 4.22. The van der Waals surface area contributed by atoms with E-state index in [1.54, 1.807) is 17.6 Å². The number of furan rings is 1. The van der Waals surface area contributed by atoms with Crippen LogP contribution in [0.5, 0.6) is 11.5 Å². The molecule has 0 atom stereocenters.